The van der Waals surface area contributed by atoms with Crippen LogP contribution < -0.4 is 11.1 Å². The zero-order valence-corrected chi connectivity index (χ0v) is 11.2. The minimum Gasteiger partial charge on any atom is -0.364 e. The van der Waals surface area contributed by atoms with Gasteiger partial charge in [0.1, 0.15) is 6.10 Å². The van der Waals surface area contributed by atoms with Crippen molar-refractivity contribution in [2.75, 3.05) is 26.2 Å². The molecule has 2 aliphatic rings. The number of hydrogen-bond donors (Lipinski definition) is 2. The maximum Gasteiger partial charge on any atom is 0.249 e. The third kappa shape index (κ3) is 3.22. The Morgan fingerprint density at radius 2 is 2.28 bits per heavy atom. The number of hydrogen-bond acceptors (Lipinski definition) is 4. The Kier molecular flexibility index (Phi) is 4.97. The number of likely N-dealkylation sites (tertiary alicyclic amines) is 1. The summed E-state index contributed by atoms with van der Waals surface area (Å²) in [6.45, 7) is 5.66. The van der Waals surface area contributed by atoms with E-state index < -0.39 is 0 Å². The zero-order chi connectivity index (χ0) is 13.0. The second-order valence-electron chi connectivity index (χ2n) is 5.23. The van der Waals surface area contributed by atoms with Crippen LogP contribution in [0.5, 0.6) is 0 Å². The van der Waals surface area contributed by atoms with Crippen molar-refractivity contribution in [1.29, 1.82) is 0 Å². The fraction of sp³-hybridized carbons (Fsp3) is 0.923. The molecule has 1 amide bonds. The van der Waals surface area contributed by atoms with E-state index in [1.807, 2.05) is 0 Å². The van der Waals surface area contributed by atoms with E-state index in [1.165, 1.54) is 12.8 Å². The fourth-order valence-corrected chi connectivity index (χ4v) is 2.95. The van der Waals surface area contributed by atoms with Crippen LogP contribution in [-0.2, 0) is 9.53 Å². The smallest absolute Gasteiger partial charge is 0.249 e. The highest BCUT2D eigenvalue weighted by Crippen LogP contribution is 2.19. The van der Waals surface area contributed by atoms with Crippen LogP contribution in [0.2, 0.25) is 0 Å². The van der Waals surface area contributed by atoms with Crippen LogP contribution in [0.4, 0.5) is 0 Å². The topological polar surface area (TPSA) is 67.6 Å². The first-order valence-corrected chi connectivity index (χ1v) is 7.12. The van der Waals surface area contributed by atoms with Crippen molar-refractivity contribution in [2.24, 2.45) is 5.73 Å². The van der Waals surface area contributed by atoms with Crippen molar-refractivity contribution in [2.45, 2.75) is 50.9 Å². The Balaban J connectivity index is 1.72. The number of nitrogens with zero attached hydrogens (tertiary/aromatic N) is 1. The largest absolute Gasteiger partial charge is 0.364 e. The SMILES string of the molecule is CCN1CCCC1CNC(=O)C1CCC(CN)O1. The predicted octanol–water partition coefficient (Wildman–Crippen LogP) is 0.0932. The molecule has 3 N–H and O–H groups in total. The number of ether oxygens (including phenoxy) is 1. The lowest BCUT2D eigenvalue weighted by Crippen LogP contribution is -2.43. The fourth-order valence-electron chi connectivity index (χ4n) is 2.95. The van der Waals surface area contributed by atoms with E-state index in [0.29, 0.717) is 12.6 Å². The van der Waals surface area contributed by atoms with E-state index in [2.05, 4.69) is 17.1 Å². The van der Waals surface area contributed by atoms with Crippen LogP contribution in [0.15, 0.2) is 0 Å². The zero-order valence-electron chi connectivity index (χ0n) is 11.2. The minimum absolute atomic E-state index is 0.0360. The number of nitrogens with two attached hydrogens (primary N) is 1. The highest BCUT2D eigenvalue weighted by molar-refractivity contribution is 5.81. The number of carbonyl (C=O) groups excluding carboxylic acids is 1. The van der Waals surface area contributed by atoms with Crippen molar-refractivity contribution >= 4 is 5.91 Å². The second-order valence-corrected chi connectivity index (χ2v) is 5.23. The Morgan fingerprint density at radius 3 is 2.94 bits per heavy atom. The van der Waals surface area contributed by atoms with Gasteiger partial charge in [-0.05, 0) is 38.8 Å². The maximum atomic E-state index is 12.0. The number of likely N-dealkylation sites (N-methyl/N-ethyl adjacent to an activating group) is 1. The number of amides is 1. The predicted molar refractivity (Wildman–Crippen MR) is 70.2 cm³/mol. The van der Waals surface area contributed by atoms with E-state index in [0.717, 1.165) is 32.5 Å². The van der Waals surface area contributed by atoms with Gasteiger partial charge in [-0.25, -0.2) is 0 Å². The number of carbonyl (C=O) groups is 1. The first kappa shape index (κ1) is 13.8. The van der Waals surface area contributed by atoms with E-state index in [9.17, 15) is 4.79 Å². The molecule has 0 saturated carbocycles. The third-order valence-corrected chi connectivity index (χ3v) is 4.08. The molecule has 0 radical (unpaired) electrons. The van der Waals surface area contributed by atoms with Gasteiger partial charge in [-0.2, -0.15) is 0 Å². The molecule has 104 valence electrons. The van der Waals surface area contributed by atoms with Crippen molar-refractivity contribution in [3.05, 3.63) is 0 Å². The normalized spacial score (nSPS) is 32.9. The molecule has 2 rings (SSSR count). The molecule has 2 heterocycles. The summed E-state index contributed by atoms with van der Waals surface area (Å²) in [6.07, 6.45) is 3.92. The molecule has 0 aromatic heterocycles. The number of nitrogens with one attached hydrogen (secondary N) is 1. The molecule has 2 fully saturated rings. The van der Waals surface area contributed by atoms with Crippen molar-refractivity contribution < 1.29 is 9.53 Å². The molecule has 0 aromatic rings. The van der Waals surface area contributed by atoms with Gasteiger partial charge >= 0.3 is 0 Å². The molecule has 18 heavy (non-hydrogen) atoms. The molecule has 0 aliphatic carbocycles. The third-order valence-electron chi connectivity index (χ3n) is 4.08. The van der Waals surface area contributed by atoms with Crippen LogP contribution in [0.1, 0.15) is 32.6 Å². The Labute approximate surface area is 109 Å². The first-order valence-electron chi connectivity index (χ1n) is 7.12. The number of rotatable bonds is 5. The van der Waals surface area contributed by atoms with Crippen LogP contribution in [-0.4, -0.2) is 55.2 Å². The van der Waals surface area contributed by atoms with Crippen molar-refractivity contribution in [3.8, 4) is 0 Å². The van der Waals surface area contributed by atoms with Gasteiger partial charge in [0.15, 0.2) is 0 Å². The van der Waals surface area contributed by atoms with Crippen LogP contribution >= 0.6 is 0 Å². The first-order chi connectivity index (χ1) is 8.74. The molecule has 3 unspecified atom stereocenters. The molecule has 5 heteroatoms. The molecule has 5 nitrogen and oxygen atoms in total. The summed E-state index contributed by atoms with van der Waals surface area (Å²) < 4.78 is 5.59. The Bertz CT molecular complexity index is 285. The Hall–Kier alpha value is -0.650. The molecule has 2 aliphatic heterocycles. The lowest BCUT2D eigenvalue weighted by molar-refractivity contribution is -0.132. The van der Waals surface area contributed by atoms with Gasteiger partial charge in [0.2, 0.25) is 5.91 Å². The quantitative estimate of drug-likeness (QED) is 0.731. The van der Waals surface area contributed by atoms with Crippen LogP contribution in [0.25, 0.3) is 0 Å². The summed E-state index contributed by atoms with van der Waals surface area (Å²) in [7, 11) is 0. The van der Waals surface area contributed by atoms with Crippen molar-refractivity contribution in [3.63, 3.8) is 0 Å². The summed E-state index contributed by atoms with van der Waals surface area (Å²) in [5.41, 5.74) is 5.54. The Morgan fingerprint density at radius 1 is 1.44 bits per heavy atom. The molecular weight excluding hydrogens is 230 g/mol. The van der Waals surface area contributed by atoms with Gasteiger partial charge in [0.25, 0.3) is 0 Å². The lowest BCUT2D eigenvalue weighted by atomic mass is 10.1. The maximum absolute atomic E-state index is 12.0. The molecule has 0 bridgehead atoms. The average molecular weight is 255 g/mol. The van der Waals surface area contributed by atoms with Gasteiger partial charge in [0, 0.05) is 19.1 Å². The monoisotopic (exact) mass is 255 g/mol. The van der Waals surface area contributed by atoms with E-state index >= 15 is 0 Å². The highest BCUT2D eigenvalue weighted by atomic mass is 16.5. The van der Waals surface area contributed by atoms with Gasteiger partial charge in [0.05, 0.1) is 6.10 Å². The lowest BCUT2D eigenvalue weighted by Gasteiger charge is -2.23. The molecule has 0 aromatic carbocycles. The summed E-state index contributed by atoms with van der Waals surface area (Å²) >= 11 is 0. The summed E-state index contributed by atoms with van der Waals surface area (Å²) in [5.74, 6) is 0.0360. The standard InChI is InChI=1S/C13H25N3O2/c1-2-16-7-3-4-10(16)9-15-13(17)12-6-5-11(8-14)18-12/h10-12H,2-9,14H2,1H3,(H,15,17). The van der Waals surface area contributed by atoms with Gasteiger partial charge < -0.3 is 15.8 Å². The summed E-state index contributed by atoms with van der Waals surface area (Å²) in [5, 5.41) is 3.03. The van der Waals surface area contributed by atoms with E-state index in [1.54, 1.807) is 0 Å². The second kappa shape index (κ2) is 6.50. The molecule has 2 saturated heterocycles. The molecule has 0 spiro atoms. The average Bonchev–Trinajstić information content (AvgIpc) is 3.04. The van der Waals surface area contributed by atoms with E-state index in [4.69, 9.17) is 10.5 Å². The van der Waals surface area contributed by atoms with Crippen LogP contribution in [0.3, 0.4) is 0 Å². The van der Waals surface area contributed by atoms with Crippen LogP contribution in [0, 0.1) is 0 Å². The van der Waals surface area contributed by atoms with Crippen molar-refractivity contribution in [1.82, 2.24) is 10.2 Å². The van der Waals surface area contributed by atoms with E-state index in [-0.39, 0.29) is 18.1 Å². The summed E-state index contributed by atoms with van der Waals surface area (Å²) in [4.78, 5) is 14.4. The molecule has 3 atom stereocenters. The summed E-state index contributed by atoms with van der Waals surface area (Å²) in [6, 6.07) is 0.505. The van der Waals surface area contributed by atoms with Gasteiger partial charge in [-0.3, -0.25) is 9.69 Å². The van der Waals surface area contributed by atoms with Gasteiger partial charge in [-0.15, -0.1) is 0 Å². The minimum atomic E-state index is -0.282. The highest BCUT2D eigenvalue weighted by Gasteiger charge is 2.31. The van der Waals surface area contributed by atoms with Gasteiger partial charge in [-0.1, -0.05) is 6.92 Å². The molecular formula is C13H25N3O2.